The first-order valence-corrected chi connectivity index (χ1v) is 9.62. The highest BCUT2D eigenvalue weighted by Crippen LogP contribution is 2.20. The third kappa shape index (κ3) is 4.03. The van der Waals surface area contributed by atoms with Gasteiger partial charge >= 0.3 is 6.03 Å². The third-order valence-corrected chi connectivity index (χ3v) is 5.17. The lowest BCUT2D eigenvalue weighted by atomic mass is 10.1. The van der Waals surface area contributed by atoms with Crippen molar-refractivity contribution < 1.29 is 18.8 Å². The molecule has 1 aliphatic heterocycles. The SMILES string of the molecule is Cn1ccc2cc(NC(=O)CC[C@H]3NC(=O)N(Cc4cccc(F)c4)C3=O)ccc21. The Kier molecular flexibility index (Phi) is 5.22. The van der Waals surface area contributed by atoms with E-state index < -0.39 is 23.8 Å². The van der Waals surface area contributed by atoms with E-state index in [0.717, 1.165) is 15.8 Å². The Hall–Kier alpha value is -3.68. The first-order chi connectivity index (χ1) is 14.4. The summed E-state index contributed by atoms with van der Waals surface area (Å²) in [6.07, 6.45) is 2.21. The van der Waals surface area contributed by atoms with Crippen LogP contribution in [-0.2, 0) is 23.2 Å². The fourth-order valence-corrected chi connectivity index (χ4v) is 3.60. The molecule has 0 bridgehead atoms. The van der Waals surface area contributed by atoms with Crippen LogP contribution in [0.4, 0.5) is 14.9 Å². The molecule has 1 atom stereocenters. The summed E-state index contributed by atoms with van der Waals surface area (Å²) in [7, 11) is 1.95. The number of urea groups is 1. The zero-order valence-electron chi connectivity index (χ0n) is 16.4. The predicted octanol–water partition coefficient (Wildman–Crippen LogP) is 3.16. The summed E-state index contributed by atoms with van der Waals surface area (Å²) in [6.45, 7) is -0.0117. The van der Waals surface area contributed by atoms with Crippen molar-refractivity contribution in [2.45, 2.75) is 25.4 Å². The fourth-order valence-electron chi connectivity index (χ4n) is 3.60. The van der Waals surface area contributed by atoms with Crippen LogP contribution in [0.3, 0.4) is 0 Å². The van der Waals surface area contributed by atoms with E-state index >= 15 is 0 Å². The van der Waals surface area contributed by atoms with Crippen molar-refractivity contribution in [2.24, 2.45) is 7.05 Å². The molecular formula is C22H21FN4O3. The first-order valence-electron chi connectivity index (χ1n) is 9.62. The molecule has 2 aromatic carbocycles. The van der Waals surface area contributed by atoms with Crippen molar-refractivity contribution in [2.75, 3.05) is 5.32 Å². The van der Waals surface area contributed by atoms with Crippen molar-refractivity contribution in [3.05, 3.63) is 66.1 Å². The number of anilines is 1. The van der Waals surface area contributed by atoms with Gasteiger partial charge in [-0.15, -0.1) is 0 Å². The fraction of sp³-hybridized carbons (Fsp3) is 0.227. The van der Waals surface area contributed by atoms with Crippen molar-refractivity contribution in [3.8, 4) is 0 Å². The van der Waals surface area contributed by atoms with Gasteiger partial charge in [-0.25, -0.2) is 9.18 Å². The lowest BCUT2D eigenvalue weighted by Crippen LogP contribution is -2.31. The molecule has 154 valence electrons. The Morgan fingerprint density at radius 3 is 2.80 bits per heavy atom. The molecule has 4 amide bonds. The van der Waals surface area contributed by atoms with Gasteiger partial charge in [0.1, 0.15) is 11.9 Å². The van der Waals surface area contributed by atoms with Crippen molar-refractivity contribution in [3.63, 3.8) is 0 Å². The summed E-state index contributed by atoms with van der Waals surface area (Å²) in [6, 6.07) is 12.0. The Balaban J connectivity index is 1.33. The largest absolute Gasteiger partial charge is 0.351 e. The molecule has 0 unspecified atom stereocenters. The van der Waals surface area contributed by atoms with Crippen molar-refractivity contribution >= 4 is 34.4 Å². The van der Waals surface area contributed by atoms with E-state index in [2.05, 4.69) is 10.6 Å². The highest BCUT2D eigenvalue weighted by Gasteiger charge is 2.37. The number of benzene rings is 2. The molecule has 1 aromatic heterocycles. The Bertz CT molecular complexity index is 1140. The minimum atomic E-state index is -0.770. The van der Waals surface area contributed by atoms with Gasteiger partial charge in [0, 0.05) is 36.3 Å². The second-order valence-corrected chi connectivity index (χ2v) is 7.34. The van der Waals surface area contributed by atoms with Gasteiger partial charge in [0.2, 0.25) is 5.91 Å². The molecule has 0 saturated carbocycles. The zero-order valence-corrected chi connectivity index (χ0v) is 16.4. The number of halogens is 1. The normalized spacial score (nSPS) is 16.2. The molecule has 3 aromatic rings. The number of nitrogens with one attached hydrogen (secondary N) is 2. The molecule has 1 saturated heterocycles. The number of hydrogen-bond donors (Lipinski definition) is 2. The van der Waals surface area contributed by atoms with Crippen LogP contribution >= 0.6 is 0 Å². The molecule has 30 heavy (non-hydrogen) atoms. The van der Waals surface area contributed by atoms with E-state index in [4.69, 9.17) is 0 Å². The maximum Gasteiger partial charge on any atom is 0.325 e. The summed E-state index contributed by atoms with van der Waals surface area (Å²) in [4.78, 5) is 38.0. The molecule has 8 heteroatoms. The highest BCUT2D eigenvalue weighted by molar-refractivity contribution is 6.04. The number of nitrogens with zero attached hydrogens (tertiary/aromatic N) is 2. The van der Waals surface area contributed by atoms with Crippen LogP contribution in [0.15, 0.2) is 54.7 Å². The monoisotopic (exact) mass is 408 g/mol. The smallest absolute Gasteiger partial charge is 0.325 e. The average molecular weight is 408 g/mol. The standard InChI is InChI=1S/C22H21FN4O3/c1-26-10-9-15-12-17(5-7-19(15)26)24-20(28)8-6-18-21(29)27(22(30)25-18)13-14-3-2-4-16(23)11-14/h2-5,7,9-12,18H,6,8,13H2,1H3,(H,24,28)(H,25,30)/t18-/m1/s1. The first kappa shape index (κ1) is 19.6. The number of amides is 4. The topological polar surface area (TPSA) is 83.4 Å². The van der Waals surface area contributed by atoms with Crippen LogP contribution in [0.1, 0.15) is 18.4 Å². The molecule has 2 heterocycles. The lowest BCUT2D eigenvalue weighted by Gasteiger charge is -2.13. The second-order valence-electron chi connectivity index (χ2n) is 7.34. The summed E-state index contributed by atoms with van der Waals surface area (Å²) in [5.74, 6) is -1.08. The van der Waals surface area contributed by atoms with Gasteiger partial charge in [-0.3, -0.25) is 14.5 Å². The summed E-state index contributed by atoms with van der Waals surface area (Å²) < 4.78 is 15.3. The maximum absolute atomic E-state index is 13.3. The molecular weight excluding hydrogens is 387 g/mol. The highest BCUT2D eigenvalue weighted by atomic mass is 19.1. The van der Waals surface area contributed by atoms with Gasteiger partial charge in [-0.2, -0.15) is 0 Å². The van der Waals surface area contributed by atoms with E-state index in [-0.39, 0.29) is 25.3 Å². The van der Waals surface area contributed by atoms with Gasteiger partial charge in [-0.1, -0.05) is 12.1 Å². The molecule has 0 radical (unpaired) electrons. The minimum absolute atomic E-state index is 0.0117. The Labute approximate surface area is 172 Å². The van der Waals surface area contributed by atoms with Crippen LogP contribution in [0.25, 0.3) is 10.9 Å². The number of hydrogen-bond acceptors (Lipinski definition) is 3. The van der Waals surface area contributed by atoms with Crippen LogP contribution in [-0.4, -0.2) is 33.4 Å². The number of carbonyl (C=O) groups is 3. The van der Waals surface area contributed by atoms with E-state index in [9.17, 15) is 18.8 Å². The summed E-state index contributed by atoms with van der Waals surface area (Å²) in [5.41, 5.74) is 2.26. The van der Waals surface area contributed by atoms with E-state index in [0.29, 0.717) is 11.3 Å². The molecule has 1 aliphatic rings. The molecule has 4 rings (SSSR count). The molecule has 0 spiro atoms. The van der Waals surface area contributed by atoms with E-state index in [1.165, 1.54) is 18.2 Å². The summed E-state index contributed by atoms with van der Waals surface area (Å²) in [5, 5.41) is 6.43. The zero-order chi connectivity index (χ0) is 21.3. The number of rotatable bonds is 6. The minimum Gasteiger partial charge on any atom is -0.351 e. The maximum atomic E-state index is 13.3. The van der Waals surface area contributed by atoms with Gasteiger partial charge in [0.15, 0.2) is 0 Å². The number of carbonyl (C=O) groups excluding carboxylic acids is 3. The van der Waals surface area contributed by atoms with Crippen LogP contribution < -0.4 is 10.6 Å². The lowest BCUT2D eigenvalue weighted by molar-refractivity contribution is -0.128. The number of fused-ring (bicyclic) bond motifs is 1. The Morgan fingerprint density at radius 1 is 1.17 bits per heavy atom. The Morgan fingerprint density at radius 2 is 2.00 bits per heavy atom. The average Bonchev–Trinajstić information content (AvgIpc) is 3.20. The van der Waals surface area contributed by atoms with E-state index in [1.54, 1.807) is 6.07 Å². The van der Waals surface area contributed by atoms with Crippen LogP contribution in [0.2, 0.25) is 0 Å². The number of imide groups is 1. The molecule has 7 nitrogen and oxygen atoms in total. The van der Waals surface area contributed by atoms with Crippen LogP contribution in [0, 0.1) is 5.82 Å². The van der Waals surface area contributed by atoms with Gasteiger partial charge in [0.25, 0.3) is 5.91 Å². The number of aryl methyl sites for hydroxylation is 1. The van der Waals surface area contributed by atoms with Crippen molar-refractivity contribution in [1.29, 1.82) is 0 Å². The predicted molar refractivity (Wildman–Crippen MR) is 110 cm³/mol. The molecule has 2 N–H and O–H groups in total. The van der Waals surface area contributed by atoms with Gasteiger partial charge in [0.05, 0.1) is 6.54 Å². The second kappa shape index (κ2) is 7.98. The quantitative estimate of drug-likeness (QED) is 0.615. The van der Waals surface area contributed by atoms with Crippen molar-refractivity contribution in [1.82, 2.24) is 14.8 Å². The van der Waals surface area contributed by atoms with Gasteiger partial charge < -0.3 is 15.2 Å². The molecule has 1 fully saturated rings. The van der Waals surface area contributed by atoms with Crippen LogP contribution in [0.5, 0.6) is 0 Å². The molecule has 0 aliphatic carbocycles. The third-order valence-electron chi connectivity index (χ3n) is 5.17. The summed E-state index contributed by atoms with van der Waals surface area (Å²) >= 11 is 0. The number of aromatic nitrogens is 1. The van der Waals surface area contributed by atoms with E-state index in [1.807, 2.05) is 42.1 Å². The van der Waals surface area contributed by atoms with Gasteiger partial charge in [-0.05, 0) is 48.4 Å².